The van der Waals surface area contributed by atoms with E-state index in [1.165, 1.54) is 38.8 Å². The predicted octanol–water partition coefficient (Wildman–Crippen LogP) is 3.93. The number of hydrogen-bond acceptors (Lipinski definition) is 3. The van der Waals surface area contributed by atoms with Crippen LogP contribution in [0.3, 0.4) is 0 Å². The summed E-state index contributed by atoms with van der Waals surface area (Å²) < 4.78 is 27.3. The highest BCUT2D eigenvalue weighted by molar-refractivity contribution is 7.89. The van der Waals surface area contributed by atoms with Crippen molar-refractivity contribution in [1.82, 2.24) is 9.21 Å². The molecule has 0 radical (unpaired) electrons. The summed E-state index contributed by atoms with van der Waals surface area (Å²) in [5.74, 6) is 0.617. The monoisotopic (exact) mass is 384 g/mol. The molecule has 2 heterocycles. The van der Waals surface area contributed by atoms with Crippen LogP contribution in [0.2, 0.25) is 5.02 Å². The van der Waals surface area contributed by atoms with Gasteiger partial charge in [0.15, 0.2) is 0 Å². The SMILES string of the molecule is Cc1ccc(S(=O)(=O)N2CCC(CN3CCCCCC3)CC2)cc1Cl. The molecule has 6 heteroatoms. The first-order chi connectivity index (χ1) is 12.0. The van der Waals surface area contributed by atoms with Crippen molar-refractivity contribution in [3.63, 3.8) is 0 Å². The van der Waals surface area contributed by atoms with E-state index < -0.39 is 10.0 Å². The number of hydrogen-bond donors (Lipinski definition) is 0. The maximum absolute atomic E-state index is 12.8. The van der Waals surface area contributed by atoms with Crippen LogP contribution in [0.25, 0.3) is 0 Å². The summed E-state index contributed by atoms with van der Waals surface area (Å²) in [5, 5.41) is 0.511. The molecule has 2 aliphatic heterocycles. The zero-order valence-electron chi connectivity index (χ0n) is 15.1. The van der Waals surface area contributed by atoms with Crippen molar-refractivity contribution < 1.29 is 8.42 Å². The minimum absolute atomic E-state index is 0.314. The summed E-state index contributed by atoms with van der Waals surface area (Å²) in [6.45, 7) is 6.66. The van der Waals surface area contributed by atoms with Crippen LogP contribution in [0.1, 0.15) is 44.1 Å². The Kier molecular flexibility index (Phi) is 6.42. The molecular formula is C19H29ClN2O2S. The molecule has 0 atom stereocenters. The molecule has 2 saturated heterocycles. The van der Waals surface area contributed by atoms with E-state index in [1.807, 2.05) is 6.92 Å². The van der Waals surface area contributed by atoms with Gasteiger partial charge >= 0.3 is 0 Å². The average molecular weight is 385 g/mol. The maximum atomic E-state index is 12.8. The van der Waals surface area contributed by atoms with Crippen molar-refractivity contribution in [1.29, 1.82) is 0 Å². The second-order valence-corrected chi connectivity index (χ2v) is 9.82. The molecule has 140 valence electrons. The molecule has 0 unspecified atom stereocenters. The fourth-order valence-corrected chi connectivity index (χ4v) is 5.64. The van der Waals surface area contributed by atoms with Gasteiger partial charge in [0.05, 0.1) is 4.90 Å². The molecule has 0 amide bonds. The molecule has 0 N–H and O–H groups in total. The Balaban J connectivity index is 1.58. The first-order valence-electron chi connectivity index (χ1n) is 9.45. The van der Waals surface area contributed by atoms with E-state index in [-0.39, 0.29) is 0 Å². The van der Waals surface area contributed by atoms with Gasteiger partial charge in [0.2, 0.25) is 10.0 Å². The maximum Gasteiger partial charge on any atom is 0.243 e. The largest absolute Gasteiger partial charge is 0.303 e. The molecule has 1 aromatic rings. The Morgan fingerprint density at radius 2 is 1.68 bits per heavy atom. The van der Waals surface area contributed by atoms with Crippen molar-refractivity contribution >= 4 is 21.6 Å². The number of likely N-dealkylation sites (tertiary alicyclic amines) is 1. The fraction of sp³-hybridized carbons (Fsp3) is 0.684. The summed E-state index contributed by atoms with van der Waals surface area (Å²) >= 11 is 6.12. The summed E-state index contributed by atoms with van der Waals surface area (Å²) in [6.07, 6.45) is 7.23. The molecule has 1 aromatic carbocycles. The third-order valence-electron chi connectivity index (χ3n) is 5.57. The van der Waals surface area contributed by atoms with Gasteiger partial charge in [-0.3, -0.25) is 0 Å². The van der Waals surface area contributed by atoms with Crippen LogP contribution in [-0.4, -0.2) is 50.3 Å². The average Bonchev–Trinajstić information content (AvgIpc) is 2.86. The molecule has 0 aliphatic carbocycles. The number of rotatable bonds is 4. The van der Waals surface area contributed by atoms with Crippen molar-refractivity contribution in [2.24, 2.45) is 5.92 Å². The Morgan fingerprint density at radius 3 is 2.28 bits per heavy atom. The van der Waals surface area contributed by atoms with Crippen LogP contribution in [0.15, 0.2) is 23.1 Å². The summed E-state index contributed by atoms with van der Waals surface area (Å²) in [5.41, 5.74) is 0.900. The first kappa shape index (κ1) is 19.2. The van der Waals surface area contributed by atoms with Crippen molar-refractivity contribution in [2.45, 2.75) is 50.3 Å². The minimum Gasteiger partial charge on any atom is -0.303 e. The summed E-state index contributed by atoms with van der Waals surface area (Å²) in [4.78, 5) is 2.90. The predicted molar refractivity (Wildman–Crippen MR) is 103 cm³/mol. The molecule has 0 aromatic heterocycles. The number of sulfonamides is 1. The number of piperidine rings is 1. The highest BCUT2D eigenvalue weighted by Gasteiger charge is 2.30. The lowest BCUT2D eigenvalue weighted by atomic mass is 9.97. The Labute approximate surface area is 157 Å². The van der Waals surface area contributed by atoms with Crippen molar-refractivity contribution in [3.8, 4) is 0 Å². The van der Waals surface area contributed by atoms with E-state index in [1.54, 1.807) is 22.5 Å². The quantitative estimate of drug-likeness (QED) is 0.789. The van der Waals surface area contributed by atoms with Crippen LogP contribution >= 0.6 is 11.6 Å². The van der Waals surface area contributed by atoms with Crippen LogP contribution in [-0.2, 0) is 10.0 Å². The number of benzene rings is 1. The van der Waals surface area contributed by atoms with E-state index in [0.29, 0.717) is 28.9 Å². The van der Waals surface area contributed by atoms with Gasteiger partial charge in [0, 0.05) is 24.7 Å². The topological polar surface area (TPSA) is 40.6 Å². The molecule has 4 nitrogen and oxygen atoms in total. The first-order valence-corrected chi connectivity index (χ1v) is 11.3. The lowest BCUT2D eigenvalue weighted by Crippen LogP contribution is -2.41. The number of nitrogens with zero attached hydrogens (tertiary/aromatic N) is 2. The van der Waals surface area contributed by atoms with E-state index in [0.717, 1.165) is 24.9 Å². The molecule has 2 fully saturated rings. The highest BCUT2D eigenvalue weighted by Crippen LogP contribution is 2.27. The fourth-order valence-electron chi connectivity index (χ4n) is 3.90. The van der Waals surface area contributed by atoms with E-state index in [2.05, 4.69) is 4.90 Å². The lowest BCUT2D eigenvalue weighted by Gasteiger charge is -2.34. The van der Waals surface area contributed by atoms with Gasteiger partial charge < -0.3 is 4.90 Å². The Bertz CT molecular complexity index is 677. The molecule has 0 spiro atoms. The van der Waals surface area contributed by atoms with Gasteiger partial charge in [0.1, 0.15) is 0 Å². The molecule has 0 saturated carbocycles. The molecule has 0 bridgehead atoms. The van der Waals surface area contributed by atoms with Gasteiger partial charge in [0.25, 0.3) is 0 Å². The third-order valence-corrected chi connectivity index (χ3v) is 7.87. The number of aryl methyl sites for hydroxylation is 1. The molecule has 3 rings (SSSR count). The van der Waals surface area contributed by atoms with Crippen LogP contribution in [0, 0.1) is 12.8 Å². The smallest absolute Gasteiger partial charge is 0.243 e. The van der Waals surface area contributed by atoms with Gasteiger partial charge in [-0.15, -0.1) is 0 Å². The third kappa shape index (κ3) is 4.76. The van der Waals surface area contributed by atoms with Crippen LogP contribution in [0.5, 0.6) is 0 Å². The summed E-state index contributed by atoms with van der Waals surface area (Å²) in [7, 11) is -3.43. The molecular weight excluding hydrogens is 356 g/mol. The van der Waals surface area contributed by atoms with E-state index in [9.17, 15) is 8.42 Å². The van der Waals surface area contributed by atoms with Crippen molar-refractivity contribution in [2.75, 3.05) is 32.7 Å². The lowest BCUT2D eigenvalue weighted by molar-refractivity contribution is 0.186. The summed E-state index contributed by atoms with van der Waals surface area (Å²) in [6, 6.07) is 5.02. The Hall–Kier alpha value is -0.620. The van der Waals surface area contributed by atoms with Crippen LogP contribution < -0.4 is 0 Å². The molecule has 2 aliphatic rings. The van der Waals surface area contributed by atoms with E-state index >= 15 is 0 Å². The van der Waals surface area contributed by atoms with Gasteiger partial charge in [-0.05, 0) is 69.3 Å². The second-order valence-electron chi connectivity index (χ2n) is 7.47. The zero-order valence-corrected chi connectivity index (χ0v) is 16.7. The van der Waals surface area contributed by atoms with Crippen LogP contribution in [0.4, 0.5) is 0 Å². The van der Waals surface area contributed by atoms with Gasteiger partial charge in [-0.2, -0.15) is 4.31 Å². The molecule has 25 heavy (non-hydrogen) atoms. The van der Waals surface area contributed by atoms with E-state index in [4.69, 9.17) is 11.6 Å². The van der Waals surface area contributed by atoms with Crippen molar-refractivity contribution in [3.05, 3.63) is 28.8 Å². The zero-order chi connectivity index (χ0) is 17.9. The van der Waals surface area contributed by atoms with Gasteiger partial charge in [-0.1, -0.05) is 30.5 Å². The number of halogens is 1. The minimum atomic E-state index is -3.43. The highest BCUT2D eigenvalue weighted by atomic mass is 35.5. The van der Waals surface area contributed by atoms with Gasteiger partial charge in [-0.25, -0.2) is 8.42 Å². The second kappa shape index (κ2) is 8.38. The Morgan fingerprint density at radius 1 is 1.04 bits per heavy atom. The normalized spacial score (nSPS) is 22.0. The standard InChI is InChI=1S/C19H29ClN2O2S/c1-16-6-7-18(14-19(16)20)25(23,24)22-12-8-17(9-13-22)15-21-10-4-2-3-5-11-21/h6-7,14,17H,2-5,8-13,15H2,1H3.